The molecule has 0 saturated heterocycles. The molecule has 0 N–H and O–H groups in total. The Bertz CT molecular complexity index is 462. The molecule has 1 nitrogen and oxygen atoms in total. The normalized spacial score (nSPS) is 10.8. The largest absolute Gasteiger partial charge is 0.487 e. The fourth-order valence-corrected chi connectivity index (χ4v) is 3.38. The Balaban J connectivity index is 2.73. The highest BCUT2D eigenvalue weighted by Gasteiger charge is 2.08. The van der Waals surface area contributed by atoms with E-state index >= 15 is 0 Å². The van der Waals surface area contributed by atoms with Gasteiger partial charge >= 0.3 is 0 Å². The second kappa shape index (κ2) is 3.91. The number of benzene rings is 1. The van der Waals surface area contributed by atoms with Gasteiger partial charge in [-0.3, -0.25) is 0 Å². The lowest BCUT2D eigenvalue weighted by Crippen LogP contribution is -1.81. The van der Waals surface area contributed by atoms with Crippen LogP contribution in [0.3, 0.4) is 0 Å². The zero-order valence-electron chi connectivity index (χ0n) is 8.13. The summed E-state index contributed by atoms with van der Waals surface area (Å²) in [6.45, 7) is 2.17. The van der Waals surface area contributed by atoms with E-state index in [0.717, 1.165) is 11.5 Å². The van der Waals surface area contributed by atoms with E-state index in [9.17, 15) is 0 Å². The van der Waals surface area contributed by atoms with E-state index in [4.69, 9.17) is 4.74 Å². The average Bonchev–Trinajstić information content (AvgIpc) is 2.60. The molecular formula is C11H11BrOS. The fourth-order valence-electron chi connectivity index (χ4n) is 1.54. The minimum Gasteiger partial charge on any atom is -0.487 e. The molecule has 0 amide bonds. The molecule has 0 radical (unpaired) electrons. The number of hydrogen-bond acceptors (Lipinski definition) is 2. The molecule has 0 atom stereocenters. The summed E-state index contributed by atoms with van der Waals surface area (Å²) in [5.41, 5.74) is 1.37. The van der Waals surface area contributed by atoms with Crippen molar-refractivity contribution in [2.45, 2.75) is 13.3 Å². The average molecular weight is 271 g/mol. The summed E-state index contributed by atoms with van der Waals surface area (Å²) in [5.74, 6) is 0. The second-order valence-electron chi connectivity index (χ2n) is 3.07. The van der Waals surface area contributed by atoms with Gasteiger partial charge in [-0.2, -0.15) is 0 Å². The van der Waals surface area contributed by atoms with Crippen molar-refractivity contribution >= 4 is 37.4 Å². The molecule has 74 valence electrons. The highest BCUT2D eigenvalue weighted by molar-refractivity contribution is 9.10. The third kappa shape index (κ3) is 1.55. The fraction of sp³-hybridized carbons (Fsp3) is 0.273. The molecule has 0 aliphatic heterocycles. The third-order valence-corrected chi connectivity index (χ3v) is 4.18. The number of aryl methyl sites for hydroxylation is 1. The number of hydrogen-bond donors (Lipinski definition) is 0. The minimum atomic E-state index is 0.979. The zero-order valence-corrected chi connectivity index (χ0v) is 10.5. The molecule has 0 fully saturated rings. The Morgan fingerprint density at radius 2 is 2.21 bits per heavy atom. The van der Waals surface area contributed by atoms with Gasteiger partial charge in [0.1, 0.15) is 0 Å². The Morgan fingerprint density at radius 1 is 1.43 bits per heavy atom. The number of thiophene rings is 1. The van der Waals surface area contributed by atoms with Gasteiger partial charge in [-0.05, 0) is 29.5 Å². The van der Waals surface area contributed by atoms with Gasteiger partial charge in [0.2, 0.25) is 0 Å². The first-order valence-electron chi connectivity index (χ1n) is 4.51. The number of rotatable bonds is 2. The van der Waals surface area contributed by atoms with Crippen molar-refractivity contribution in [3.63, 3.8) is 0 Å². The van der Waals surface area contributed by atoms with Crippen molar-refractivity contribution in [3.8, 4) is 5.06 Å². The Hall–Kier alpha value is -0.540. The number of methoxy groups -OCH3 is 1. The van der Waals surface area contributed by atoms with Crippen molar-refractivity contribution in [1.29, 1.82) is 0 Å². The van der Waals surface area contributed by atoms with Crippen LogP contribution >= 0.6 is 27.3 Å². The Kier molecular flexibility index (Phi) is 2.79. The first-order valence-corrected chi connectivity index (χ1v) is 6.12. The molecule has 0 aliphatic carbocycles. The molecular weight excluding hydrogens is 260 g/mol. The second-order valence-corrected chi connectivity index (χ2v) is 4.94. The smallest absolute Gasteiger partial charge is 0.174 e. The standard InChI is InChI=1S/C11H11BrOS/c1-3-8-9(12)5-4-7-6-10(13-2)14-11(7)8/h4-6H,3H2,1-2H3. The molecule has 1 heterocycles. The van der Waals surface area contributed by atoms with E-state index in [2.05, 4.69) is 41.1 Å². The predicted octanol–water partition coefficient (Wildman–Crippen LogP) is 4.23. The van der Waals surface area contributed by atoms with Crippen LogP contribution in [0.1, 0.15) is 12.5 Å². The lowest BCUT2D eigenvalue weighted by molar-refractivity contribution is 0.427. The molecule has 3 heteroatoms. The predicted molar refractivity (Wildman–Crippen MR) is 65.5 cm³/mol. The summed E-state index contributed by atoms with van der Waals surface area (Å²) >= 11 is 5.29. The Labute approximate surface area is 95.8 Å². The molecule has 0 unspecified atom stereocenters. The van der Waals surface area contributed by atoms with E-state index in [1.807, 2.05) is 0 Å². The monoisotopic (exact) mass is 270 g/mol. The lowest BCUT2D eigenvalue weighted by Gasteiger charge is -2.01. The maximum Gasteiger partial charge on any atom is 0.174 e. The van der Waals surface area contributed by atoms with Gasteiger partial charge in [0.15, 0.2) is 5.06 Å². The van der Waals surface area contributed by atoms with E-state index in [0.29, 0.717) is 0 Å². The first kappa shape index (κ1) is 9.99. The molecule has 1 aromatic carbocycles. The number of ether oxygens (including phenoxy) is 1. The summed E-state index contributed by atoms with van der Waals surface area (Å²) in [6, 6.07) is 6.32. The van der Waals surface area contributed by atoms with E-state index in [1.165, 1.54) is 20.1 Å². The van der Waals surface area contributed by atoms with Gasteiger partial charge in [-0.25, -0.2) is 0 Å². The van der Waals surface area contributed by atoms with Gasteiger partial charge in [-0.1, -0.05) is 40.3 Å². The molecule has 2 aromatic rings. The maximum absolute atomic E-state index is 5.24. The van der Waals surface area contributed by atoms with E-state index < -0.39 is 0 Å². The highest BCUT2D eigenvalue weighted by Crippen LogP contribution is 2.37. The highest BCUT2D eigenvalue weighted by atomic mass is 79.9. The number of fused-ring (bicyclic) bond motifs is 1. The summed E-state index contributed by atoms with van der Waals surface area (Å²) < 4.78 is 7.77. The van der Waals surface area contributed by atoms with E-state index in [-0.39, 0.29) is 0 Å². The zero-order chi connectivity index (χ0) is 10.1. The molecule has 1 aromatic heterocycles. The molecule has 0 spiro atoms. The van der Waals surface area contributed by atoms with Gasteiger partial charge in [0.25, 0.3) is 0 Å². The van der Waals surface area contributed by atoms with Crippen molar-refractivity contribution in [3.05, 3.63) is 28.2 Å². The number of halogens is 1. The van der Waals surface area contributed by atoms with Gasteiger partial charge in [-0.15, -0.1) is 0 Å². The van der Waals surface area contributed by atoms with Crippen LogP contribution in [0, 0.1) is 0 Å². The quantitative estimate of drug-likeness (QED) is 0.794. The topological polar surface area (TPSA) is 9.23 Å². The summed E-state index contributed by atoms with van der Waals surface area (Å²) in [5, 5.41) is 2.25. The minimum absolute atomic E-state index is 0.979. The van der Waals surface area contributed by atoms with Crippen molar-refractivity contribution in [2.24, 2.45) is 0 Å². The Morgan fingerprint density at radius 3 is 2.86 bits per heavy atom. The van der Waals surface area contributed by atoms with Crippen LogP contribution in [-0.2, 0) is 6.42 Å². The lowest BCUT2D eigenvalue weighted by atomic mass is 10.1. The van der Waals surface area contributed by atoms with Crippen LogP contribution < -0.4 is 4.74 Å². The van der Waals surface area contributed by atoms with Crippen LogP contribution in [0.15, 0.2) is 22.7 Å². The molecule has 14 heavy (non-hydrogen) atoms. The van der Waals surface area contributed by atoms with Gasteiger partial charge in [0, 0.05) is 9.17 Å². The van der Waals surface area contributed by atoms with Gasteiger partial charge in [0.05, 0.1) is 7.11 Å². The maximum atomic E-state index is 5.24. The van der Waals surface area contributed by atoms with E-state index in [1.54, 1.807) is 18.4 Å². The molecule has 2 rings (SSSR count). The summed E-state index contributed by atoms with van der Waals surface area (Å²) in [4.78, 5) is 0. The van der Waals surface area contributed by atoms with Crippen LogP contribution in [0.25, 0.3) is 10.1 Å². The van der Waals surface area contributed by atoms with Gasteiger partial charge < -0.3 is 4.74 Å². The van der Waals surface area contributed by atoms with Crippen LogP contribution in [-0.4, -0.2) is 7.11 Å². The third-order valence-electron chi connectivity index (χ3n) is 2.26. The SMILES string of the molecule is CCc1c(Br)ccc2cc(OC)sc12. The van der Waals surface area contributed by atoms with Crippen LogP contribution in [0.2, 0.25) is 0 Å². The first-order chi connectivity index (χ1) is 6.76. The van der Waals surface area contributed by atoms with Crippen molar-refractivity contribution < 1.29 is 4.74 Å². The van der Waals surface area contributed by atoms with Crippen molar-refractivity contribution in [2.75, 3.05) is 7.11 Å². The molecule has 0 bridgehead atoms. The summed E-state index contributed by atoms with van der Waals surface area (Å²) in [7, 11) is 1.71. The van der Waals surface area contributed by atoms with Crippen molar-refractivity contribution in [1.82, 2.24) is 0 Å². The van der Waals surface area contributed by atoms with Crippen LogP contribution in [0.4, 0.5) is 0 Å². The van der Waals surface area contributed by atoms with Crippen LogP contribution in [0.5, 0.6) is 5.06 Å². The molecule has 0 aliphatic rings. The molecule has 0 saturated carbocycles. The summed E-state index contributed by atoms with van der Waals surface area (Å²) in [6.07, 6.45) is 1.04.